The molecule has 1 N–H and O–H groups in total. The van der Waals surface area contributed by atoms with Crippen molar-refractivity contribution < 1.29 is 19.5 Å². The predicted octanol–water partition coefficient (Wildman–Crippen LogP) is 1.97. The van der Waals surface area contributed by atoms with Crippen LogP contribution < -0.4 is 4.90 Å². The molecule has 0 fully saturated rings. The lowest BCUT2D eigenvalue weighted by Gasteiger charge is -2.03. The van der Waals surface area contributed by atoms with E-state index in [1.165, 1.54) is 11.9 Å². The number of aromatic nitrogens is 1. The molecule has 19 heavy (non-hydrogen) atoms. The summed E-state index contributed by atoms with van der Waals surface area (Å²) >= 11 is 2.18. The molecule has 0 radical (unpaired) electrons. The van der Waals surface area contributed by atoms with Gasteiger partial charge in [0.15, 0.2) is 11.4 Å². The summed E-state index contributed by atoms with van der Waals surface area (Å²) in [5, 5.41) is 11.1. The zero-order valence-corrected chi connectivity index (χ0v) is 11.3. The van der Waals surface area contributed by atoms with Gasteiger partial charge in [-0.25, -0.2) is 9.78 Å². The number of carbonyl (C=O) groups excluding carboxylic acids is 2. The number of amides is 1. The van der Waals surface area contributed by atoms with Gasteiger partial charge in [-0.1, -0.05) is 11.3 Å². The van der Waals surface area contributed by atoms with Gasteiger partial charge in [0, 0.05) is 12.6 Å². The van der Waals surface area contributed by atoms with Crippen molar-refractivity contribution in [2.24, 2.45) is 0 Å². The van der Waals surface area contributed by atoms with E-state index in [1.807, 2.05) is 0 Å². The first-order valence-electron chi connectivity index (χ1n) is 5.03. The predicted molar refractivity (Wildman–Crippen MR) is 72.2 cm³/mol. The number of aldehydes is 1. The average Bonchev–Trinajstić information content (AvgIpc) is 3.03. The van der Waals surface area contributed by atoms with E-state index >= 15 is 0 Å². The molecule has 2 aromatic heterocycles. The fourth-order valence-electron chi connectivity index (χ4n) is 1.44. The molecule has 0 bridgehead atoms. The Hall–Kier alpha value is -2.06. The van der Waals surface area contributed by atoms with Crippen LogP contribution in [0.4, 0.5) is 5.13 Å². The second-order valence-electron chi connectivity index (χ2n) is 3.51. The van der Waals surface area contributed by atoms with E-state index in [9.17, 15) is 14.4 Å². The second-order valence-corrected chi connectivity index (χ2v) is 5.41. The first-order chi connectivity index (χ1) is 9.08. The number of carboxylic acids is 1. The summed E-state index contributed by atoms with van der Waals surface area (Å²) in [4.78, 5) is 38.6. The summed E-state index contributed by atoms with van der Waals surface area (Å²) in [5.74, 6) is -1.06. The summed E-state index contributed by atoms with van der Waals surface area (Å²) in [7, 11) is 1.51. The molecular formula is C11H8N2O4S2. The average molecular weight is 296 g/mol. The Labute approximate surface area is 115 Å². The summed E-state index contributed by atoms with van der Waals surface area (Å²) in [6.45, 7) is 0. The Kier molecular flexibility index (Phi) is 3.72. The van der Waals surface area contributed by atoms with Crippen LogP contribution in [0.3, 0.4) is 0 Å². The van der Waals surface area contributed by atoms with Gasteiger partial charge in [0.1, 0.15) is 10.6 Å². The van der Waals surface area contributed by atoms with Crippen LogP contribution in [0.5, 0.6) is 0 Å². The van der Waals surface area contributed by atoms with Gasteiger partial charge in [0.2, 0.25) is 6.41 Å². The van der Waals surface area contributed by atoms with Gasteiger partial charge in [-0.15, -0.1) is 11.3 Å². The van der Waals surface area contributed by atoms with Crippen molar-refractivity contribution >= 4 is 46.5 Å². The van der Waals surface area contributed by atoms with Gasteiger partial charge < -0.3 is 5.11 Å². The quantitative estimate of drug-likeness (QED) is 0.852. The molecule has 2 rings (SSSR count). The van der Waals surface area contributed by atoms with Crippen molar-refractivity contribution in [2.75, 3.05) is 11.9 Å². The summed E-state index contributed by atoms with van der Waals surface area (Å²) in [6, 6.07) is 1.62. The molecule has 0 aliphatic carbocycles. The molecule has 6 nitrogen and oxygen atoms in total. The van der Waals surface area contributed by atoms with Crippen LogP contribution in [0, 0.1) is 0 Å². The molecule has 8 heteroatoms. The maximum atomic E-state index is 11.1. The van der Waals surface area contributed by atoms with Crippen molar-refractivity contribution in [1.29, 1.82) is 0 Å². The lowest BCUT2D eigenvalue weighted by atomic mass is 10.2. The van der Waals surface area contributed by atoms with E-state index in [1.54, 1.807) is 11.4 Å². The molecule has 0 aromatic carbocycles. The van der Waals surface area contributed by atoms with E-state index in [-0.39, 0.29) is 10.6 Å². The molecule has 1 amide bonds. The number of aromatic carboxylic acids is 1. The number of hydrogen-bond donors (Lipinski definition) is 1. The van der Waals surface area contributed by atoms with Gasteiger partial charge in [-0.2, -0.15) is 0 Å². The summed E-state index contributed by atoms with van der Waals surface area (Å²) in [6.07, 6.45) is 1.13. The monoisotopic (exact) mass is 296 g/mol. The van der Waals surface area contributed by atoms with Gasteiger partial charge in [-0.3, -0.25) is 14.5 Å². The third kappa shape index (κ3) is 2.40. The first-order valence-corrected chi connectivity index (χ1v) is 6.73. The van der Waals surface area contributed by atoms with Crippen LogP contribution in [0.25, 0.3) is 10.4 Å². The molecule has 0 atom stereocenters. The van der Waals surface area contributed by atoms with Crippen molar-refractivity contribution in [1.82, 2.24) is 4.98 Å². The SMILES string of the molecule is CN(C=O)c1nc(C=O)c(-c2ccsc2C(=O)O)s1. The van der Waals surface area contributed by atoms with Crippen LogP contribution in [0.2, 0.25) is 0 Å². The Bertz CT molecular complexity index is 647. The second kappa shape index (κ2) is 5.29. The Morgan fingerprint density at radius 2 is 2.21 bits per heavy atom. The van der Waals surface area contributed by atoms with E-state index in [0.29, 0.717) is 28.3 Å². The number of thiazole rings is 1. The maximum absolute atomic E-state index is 11.1. The van der Waals surface area contributed by atoms with Crippen LogP contribution in [0.1, 0.15) is 20.2 Å². The molecule has 2 heterocycles. The van der Waals surface area contributed by atoms with Crippen LogP contribution in [-0.4, -0.2) is 35.8 Å². The number of rotatable bonds is 5. The molecule has 2 aromatic rings. The number of anilines is 1. The van der Waals surface area contributed by atoms with Crippen LogP contribution >= 0.6 is 22.7 Å². The standard InChI is InChI=1S/C11H8N2O4S2/c1-13(5-15)11-12-7(4-14)8(19-11)6-2-3-18-9(6)10(16)17/h2-5H,1H3,(H,16,17). The number of carboxylic acid groups (broad SMARTS) is 1. The van der Waals surface area contributed by atoms with Crippen molar-refractivity contribution in [3.05, 3.63) is 22.0 Å². The Morgan fingerprint density at radius 1 is 1.47 bits per heavy atom. The number of hydrogen-bond acceptors (Lipinski definition) is 6. The number of nitrogens with zero attached hydrogens (tertiary/aromatic N) is 2. The van der Waals surface area contributed by atoms with Gasteiger partial charge in [-0.05, 0) is 11.4 Å². The smallest absolute Gasteiger partial charge is 0.346 e. The largest absolute Gasteiger partial charge is 0.477 e. The zero-order valence-electron chi connectivity index (χ0n) is 9.69. The van der Waals surface area contributed by atoms with Gasteiger partial charge >= 0.3 is 5.97 Å². The highest BCUT2D eigenvalue weighted by atomic mass is 32.1. The molecule has 0 saturated carbocycles. The van der Waals surface area contributed by atoms with E-state index in [4.69, 9.17) is 5.11 Å². The molecule has 0 aliphatic rings. The fraction of sp³-hybridized carbons (Fsp3) is 0.0909. The van der Waals surface area contributed by atoms with Crippen LogP contribution in [-0.2, 0) is 4.79 Å². The van der Waals surface area contributed by atoms with Crippen molar-refractivity contribution in [2.45, 2.75) is 0 Å². The van der Waals surface area contributed by atoms with Gasteiger partial charge in [0.05, 0.1) is 4.88 Å². The fourth-order valence-corrected chi connectivity index (χ4v) is 3.24. The Balaban J connectivity index is 2.58. The minimum Gasteiger partial charge on any atom is -0.477 e. The third-order valence-corrected chi connectivity index (χ3v) is 4.42. The third-order valence-electron chi connectivity index (χ3n) is 2.32. The Morgan fingerprint density at radius 3 is 2.79 bits per heavy atom. The number of thiophene rings is 1. The summed E-state index contributed by atoms with van der Waals surface area (Å²) in [5.41, 5.74) is 0.581. The normalized spacial score (nSPS) is 10.2. The van der Waals surface area contributed by atoms with Gasteiger partial charge in [0.25, 0.3) is 0 Å². The topological polar surface area (TPSA) is 87.6 Å². The maximum Gasteiger partial charge on any atom is 0.346 e. The lowest BCUT2D eigenvalue weighted by Crippen LogP contribution is -2.13. The van der Waals surface area contributed by atoms with E-state index in [2.05, 4.69) is 4.98 Å². The molecule has 0 saturated heterocycles. The van der Waals surface area contributed by atoms with Crippen molar-refractivity contribution in [3.8, 4) is 10.4 Å². The lowest BCUT2D eigenvalue weighted by molar-refractivity contribution is -0.107. The van der Waals surface area contributed by atoms with Crippen LogP contribution in [0.15, 0.2) is 11.4 Å². The molecule has 98 valence electrons. The highest BCUT2D eigenvalue weighted by molar-refractivity contribution is 7.20. The number of carbonyl (C=O) groups is 3. The highest BCUT2D eigenvalue weighted by Crippen LogP contribution is 2.37. The molecule has 0 unspecified atom stereocenters. The van der Waals surface area contributed by atoms with E-state index in [0.717, 1.165) is 22.7 Å². The molecule has 0 aliphatic heterocycles. The minimum absolute atomic E-state index is 0.134. The molecular weight excluding hydrogens is 288 g/mol. The molecule has 0 spiro atoms. The van der Waals surface area contributed by atoms with Crippen molar-refractivity contribution in [3.63, 3.8) is 0 Å². The summed E-state index contributed by atoms with van der Waals surface area (Å²) < 4.78 is 0. The zero-order chi connectivity index (χ0) is 14.0. The van der Waals surface area contributed by atoms with E-state index < -0.39 is 5.97 Å². The highest BCUT2D eigenvalue weighted by Gasteiger charge is 2.21. The minimum atomic E-state index is -1.06. The first kappa shape index (κ1) is 13.4.